The first-order chi connectivity index (χ1) is 10.5. The molecule has 2 amide bonds. The minimum absolute atomic E-state index is 0.0892. The molecule has 0 radical (unpaired) electrons. The Morgan fingerprint density at radius 2 is 1.68 bits per heavy atom. The first-order valence-corrected chi connectivity index (χ1v) is 8.91. The van der Waals surface area contributed by atoms with Gasteiger partial charge in [-0.15, -0.1) is 0 Å². The summed E-state index contributed by atoms with van der Waals surface area (Å²) < 4.78 is 0. The van der Waals surface area contributed by atoms with Crippen molar-refractivity contribution in [2.45, 2.75) is 58.6 Å². The topological polar surface area (TPSA) is 55.8 Å². The average Bonchev–Trinajstić information content (AvgIpc) is 2.49. The van der Waals surface area contributed by atoms with Gasteiger partial charge >= 0.3 is 6.03 Å². The molecule has 2 saturated heterocycles. The molecule has 0 bridgehead atoms. The summed E-state index contributed by atoms with van der Waals surface area (Å²) in [5.41, 5.74) is 0. The number of piperidine rings is 2. The Morgan fingerprint density at radius 3 is 2.18 bits per heavy atom. The summed E-state index contributed by atoms with van der Waals surface area (Å²) in [7, 11) is 0. The molecular formula is C17H33N3O2. The van der Waals surface area contributed by atoms with Gasteiger partial charge in [0, 0.05) is 38.8 Å². The van der Waals surface area contributed by atoms with E-state index in [1.807, 2.05) is 11.8 Å². The first-order valence-electron chi connectivity index (χ1n) is 8.91. The van der Waals surface area contributed by atoms with Crippen LogP contribution in [0.2, 0.25) is 0 Å². The van der Waals surface area contributed by atoms with Crippen molar-refractivity contribution in [1.29, 1.82) is 0 Å². The van der Waals surface area contributed by atoms with E-state index in [0.29, 0.717) is 17.9 Å². The van der Waals surface area contributed by atoms with Crippen LogP contribution in [0, 0.1) is 11.8 Å². The molecule has 2 N–H and O–H groups in total. The number of likely N-dealkylation sites (tertiary alicyclic amines) is 2. The van der Waals surface area contributed by atoms with Crippen LogP contribution in [0.1, 0.15) is 46.5 Å². The highest BCUT2D eigenvalue weighted by atomic mass is 16.3. The fourth-order valence-corrected chi connectivity index (χ4v) is 3.63. The highest BCUT2D eigenvalue weighted by Gasteiger charge is 2.27. The largest absolute Gasteiger partial charge is 0.393 e. The van der Waals surface area contributed by atoms with E-state index >= 15 is 0 Å². The van der Waals surface area contributed by atoms with Gasteiger partial charge in [-0.2, -0.15) is 0 Å². The smallest absolute Gasteiger partial charge is 0.317 e. The minimum Gasteiger partial charge on any atom is -0.393 e. The van der Waals surface area contributed by atoms with Gasteiger partial charge in [0.2, 0.25) is 0 Å². The molecule has 1 atom stereocenters. The van der Waals surface area contributed by atoms with Crippen molar-refractivity contribution in [3.63, 3.8) is 0 Å². The Labute approximate surface area is 135 Å². The molecular weight excluding hydrogens is 278 g/mol. The third-order valence-electron chi connectivity index (χ3n) is 5.05. The van der Waals surface area contributed by atoms with Gasteiger partial charge in [-0.1, -0.05) is 13.8 Å². The molecule has 2 aliphatic heterocycles. The third kappa shape index (κ3) is 5.13. The molecule has 0 aromatic heterocycles. The zero-order valence-corrected chi connectivity index (χ0v) is 14.4. The minimum atomic E-state index is -0.254. The van der Waals surface area contributed by atoms with E-state index in [9.17, 15) is 9.90 Å². The number of aliphatic hydroxyl groups excluding tert-OH is 1. The average molecular weight is 311 g/mol. The fourth-order valence-electron chi connectivity index (χ4n) is 3.63. The van der Waals surface area contributed by atoms with Crippen LogP contribution in [-0.2, 0) is 0 Å². The molecule has 22 heavy (non-hydrogen) atoms. The number of rotatable bonds is 4. The predicted octanol–water partition coefficient (Wildman–Crippen LogP) is 1.91. The number of amides is 2. The summed E-state index contributed by atoms with van der Waals surface area (Å²) in [6.45, 7) is 11.2. The number of hydrogen-bond acceptors (Lipinski definition) is 3. The van der Waals surface area contributed by atoms with Gasteiger partial charge in [-0.3, -0.25) is 0 Å². The van der Waals surface area contributed by atoms with Crippen molar-refractivity contribution in [1.82, 2.24) is 15.1 Å². The molecule has 2 heterocycles. The molecule has 2 rings (SSSR count). The second-order valence-electron chi connectivity index (χ2n) is 7.48. The van der Waals surface area contributed by atoms with Crippen molar-refractivity contribution in [3.05, 3.63) is 0 Å². The lowest BCUT2D eigenvalue weighted by Crippen LogP contribution is -2.51. The van der Waals surface area contributed by atoms with Gasteiger partial charge in [0.15, 0.2) is 0 Å². The maximum Gasteiger partial charge on any atom is 0.317 e. The summed E-state index contributed by atoms with van der Waals surface area (Å²) in [6.07, 6.45) is 3.69. The quantitative estimate of drug-likeness (QED) is 0.834. The van der Waals surface area contributed by atoms with Gasteiger partial charge in [0.1, 0.15) is 0 Å². The van der Waals surface area contributed by atoms with E-state index in [1.54, 1.807) is 0 Å². The van der Waals surface area contributed by atoms with Crippen molar-refractivity contribution in [2.75, 3.05) is 32.7 Å². The molecule has 0 aliphatic carbocycles. The molecule has 0 aromatic rings. The van der Waals surface area contributed by atoms with Crippen LogP contribution in [-0.4, -0.2) is 65.8 Å². The number of hydrogen-bond donors (Lipinski definition) is 2. The summed E-state index contributed by atoms with van der Waals surface area (Å²) in [4.78, 5) is 16.8. The van der Waals surface area contributed by atoms with E-state index in [-0.39, 0.29) is 12.1 Å². The Morgan fingerprint density at radius 1 is 1.09 bits per heavy atom. The Hall–Kier alpha value is -0.810. The summed E-state index contributed by atoms with van der Waals surface area (Å²) in [5, 5.41) is 12.8. The van der Waals surface area contributed by atoms with Crippen LogP contribution in [0.25, 0.3) is 0 Å². The lowest BCUT2D eigenvalue weighted by molar-refractivity contribution is 0.0784. The maximum absolute atomic E-state index is 12.3. The Bertz CT molecular complexity index is 344. The Kier molecular flexibility index (Phi) is 6.50. The molecule has 5 heteroatoms. The molecule has 128 valence electrons. The summed E-state index contributed by atoms with van der Waals surface area (Å²) in [6, 6.07) is 0.414. The van der Waals surface area contributed by atoms with Gasteiger partial charge < -0.3 is 20.2 Å². The van der Waals surface area contributed by atoms with Crippen LogP contribution in [0.15, 0.2) is 0 Å². The zero-order chi connectivity index (χ0) is 16.1. The summed E-state index contributed by atoms with van der Waals surface area (Å²) >= 11 is 0. The highest BCUT2D eigenvalue weighted by molar-refractivity contribution is 5.74. The van der Waals surface area contributed by atoms with Crippen LogP contribution in [0.4, 0.5) is 4.79 Å². The van der Waals surface area contributed by atoms with Gasteiger partial charge in [0.05, 0.1) is 6.10 Å². The standard InChI is InChI=1S/C17H33N3O2/c1-13(2)12-19-8-6-16(7-9-19)18-17(22)20-10-4-15(5-11-20)14(3)21/h13-16,21H,4-12H2,1-3H3,(H,18,22). The van der Waals surface area contributed by atoms with Gasteiger partial charge in [0.25, 0.3) is 0 Å². The SMILES string of the molecule is CC(C)CN1CCC(NC(=O)N2CCC(C(C)O)CC2)CC1. The summed E-state index contributed by atoms with van der Waals surface area (Å²) in [5.74, 6) is 1.06. The van der Waals surface area contributed by atoms with Crippen LogP contribution in [0.5, 0.6) is 0 Å². The fraction of sp³-hybridized carbons (Fsp3) is 0.941. The second-order valence-corrected chi connectivity index (χ2v) is 7.48. The number of urea groups is 1. The lowest BCUT2D eigenvalue weighted by Gasteiger charge is -2.36. The van der Waals surface area contributed by atoms with E-state index < -0.39 is 0 Å². The third-order valence-corrected chi connectivity index (χ3v) is 5.05. The number of carbonyl (C=O) groups excluding carboxylic acids is 1. The van der Waals surface area contributed by atoms with Crippen molar-refractivity contribution in [3.8, 4) is 0 Å². The highest BCUT2D eigenvalue weighted by Crippen LogP contribution is 2.21. The second kappa shape index (κ2) is 8.16. The van der Waals surface area contributed by atoms with Crippen molar-refractivity contribution >= 4 is 6.03 Å². The normalized spacial score (nSPS) is 23.8. The first kappa shape index (κ1) is 17.5. The van der Waals surface area contributed by atoms with Crippen LogP contribution in [0.3, 0.4) is 0 Å². The van der Waals surface area contributed by atoms with Crippen LogP contribution >= 0.6 is 0 Å². The van der Waals surface area contributed by atoms with E-state index in [0.717, 1.165) is 58.4 Å². The molecule has 0 spiro atoms. The molecule has 1 unspecified atom stereocenters. The zero-order valence-electron chi connectivity index (χ0n) is 14.4. The van der Waals surface area contributed by atoms with Gasteiger partial charge in [-0.25, -0.2) is 4.79 Å². The molecule has 0 saturated carbocycles. The molecule has 2 aliphatic rings. The number of aliphatic hydroxyl groups is 1. The maximum atomic E-state index is 12.3. The number of nitrogens with one attached hydrogen (secondary N) is 1. The van der Waals surface area contributed by atoms with Crippen molar-refractivity contribution in [2.24, 2.45) is 11.8 Å². The van der Waals surface area contributed by atoms with Crippen molar-refractivity contribution < 1.29 is 9.90 Å². The monoisotopic (exact) mass is 311 g/mol. The molecule has 2 fully saturated rings. The van der Waals surface area contributed by atoms with Crippen LogP contribution < -0.4 is 5.32 Å². The Balaban J connectivity index is 1.68. The van der Waals surface area contributed by atoms with E-state index in [2.05, 4.69) is 24.1 Å². The molecule has 0 aromatic carbocycles. The number of carbonyl (C=O) groups is 1. The van der Waals surface area contributed by atoms with E-state index in [1.165, 1.54) is 0 Å². The predicted molar refractivity (Wildman–Crippen MR) is 88.8 cm³/mol. The lowest BCUT2D eigenvalue weighted by atomic mass is 9.92. The molecule has 5 nitrogen and oxygen atoms in total. The van der Waals surface area contributed by atoms with E-state index in [4.69, 9.17) is 0 Å². The van der Waals surface area contributed by atoms with Gasteiger partial charge in [-0.05, 0) is 44.4 Å². The number of nitrogens with zero attached hydrogens (tertiary/aromatic N) is 2.